The topological polar surface area (TPSA) is 129 Å². The largest absolute Gasteiger partial charge is 0.329 e. The second kappa shape index (κ2) is 8.19. The van der Waals surface area contributed by atoms with Crippen molar-refractivity contribution in [2.24, 2.45) is 5.14 Å². The van der Waals surface area contributed by atoms with Crippen LogP contribution in [-0.2, 0) is 10.0 Å². The Morgan fingerprint density at radius 1 is 1.06 bits per heavy atom. The van der Waals surface area contributed by atoms with E-state index in [2.05, 4.69) is 4.98 Å². The number of benzene rings is 3. The number of rotatable bonds is 5. The minimum Gasteiger partial charge on any atom is -0.329 e. The summed E-state index contributed by atoms with van der Waals surface area (Å²) in [5.74, 6) is 0.543. The highest BCUT2D eigenvalue weighted by atomic mass is 35.5. The summed E-state index contributed by atoms with van der Waals surface area (Å²) in [7, 11) is -1.91. The maximum Gasteiger partial charge on any atom is 0.238 e. The highest BCUT2D eigenvalue weighted by Gasteiger charge is 2.15. The van der Waals surface area contributed by atoms with Crippen molar-refractivity contribution in [3.8, 4) is 11.1 Å². The van der Waals surface area contributed by atoms with Gasteiger partial charge < -0.3 is 4.90 Å². The van der Waals surface area contributed by atoms with E-state index in [0.717, 1.165) is 28.5 Å². The van der Waals surface area contributed by atoms with Gasteiger partial charge in [0, 0.05) is 23.1 Å². The number of nitrogens with two attached hydrogens (primary N) is 1. The smallest absolute Gasteiger partial charge is 0.238 e. The van der Waals surface area contributed by atoms with Crippen molar-refractivity contribution in [2.45, 2.75) is 4.90 Å². The number of hydrogen-bond acceptors (Lipinski definition) is 6. The lowest BCUT2D eigenvalue weighted by Crippen LogP contribution is -2.26. The number of aromatic nitrogens is 2. The van der Waals surface area contributed by atoms with Gasteiger partial charge in [-0.05, 0) is 53.6 Å². The minimum atomic E-state index is -3.75. The summed E-state index contributed by atoms with van der Waals surface area (Å²) in [5.41, 5.74) is 3.02. The van der Waals surface area contributed by atoms with Crippen LogP contribution in [0.15, 0.2) is 71.6 Å². The molecule has 0 fully saturated rings. The Labute approximate surface area is 189 Å². The monoisotopic (exact) mass is 466 g/mol. The van der Waals surface area contributed by atoms with Crippen LogP contribution in [0.1, 0.15) is 0 Å². The lowest BCUT2D eigenvalue weighted by molar-refractivity contribution is 0.598. The molecule has 4 aromatic rings. The number of sulfonamides is 1. The van der Waals surface area contributed by atoms with E-state index in [0.29, 0.717) is 16.4 Å². The summed E-state index contributed by atoms with van der Waals surface area (Å²) in [6, 6.07) is 19.2. The zero-order valence-electron chi connectivity index (χ0n) is 16.9. The Bertz CT molecular complexity index is 1510. The summed E-state index contributed by atoms with van der Waals surface area (Å²) in [4.78, 5) is 6.30. The molecule has 10 heteroatoms. The number of nitrogens with zero attached hydrogens (tertiary/aromatic N) is 3. The van der Waals surface area contributed by atoms with Crippen molar-refractivity contribution in [1.82, 2.24) is 9.55 Å². The Balaban J connectivity index is 1.80. The molecule has 32 heavy (non-hydrogen) atoms. The maximum atomic E-state index is 11.5. The average Bonchev–Trinajstić information content (AvgIpc) is 2.77. The number of halogens is 1. The first-order valence-electron chi connectivity index (χ1n) is 9.43. The SMILES string of the molecule is CN(c1cccc(-c2ccc(S(N)(=O)=O)cc2)c1)c1nc(=N)n(C=N)c2cc(Cl)ccc12. The molecule has 1 heterocycles. The lowest BCUT2D eigenvalue weighted by Gasteiger charge is -2.22. The van der Waals surface area contributed by atoms with Gasteiger partial charge in [0.05, 0.1) is 16.8 Å². The third kappa shape index (κ3) is 4.01. The molecule has 4 N–H and O–H groups in total. The molecule has 0 aliphatic carbocycles. The Morgan fingerprint density at radius 2 is 1.78 bits per heavy atom. The van der Waals surface area contributed by atoms with E-state index in [1.807, 2.05) is 42.3 Å². The van der Waals surface area contributed by atoms with E-state index < -0.39 is 10.0 Å². The molecule has 0 atom stereocenters. The zero-order chi connectivity index (χ0) is 23.0. The van der Waals surface area contributed by atoms with Crippen molar-refractivity contribution < 1.29 is 8.42 Å². The molecule has 0 aliphatic heterocycles. The van der Waals surface area contributed by atoms with E-state index >= 15 is 0 Å². The highest BCUT2D eigenvalue weighted by molar-refractivity contribution is 7.89. The summed E-state index contributed by atoms with van der Waals surface area (Å²) < 4.78 is 24.4. The number of primary sulfonamides is 1. The van der Waals surface area contributed by atoms with Gasteiger partial charge in [0.1, 0.15) is 5.82 Å². The number of anilines is 2. The molecule has 0 saturated carbocycles. The molecule has 3 aromatic carbocycles. The van der Waals surface area contributed by atoms with Crippen LogP contribution >= 0.6 is 11.6 Å². The Kier molecular flexibility index (Phi) is 5.55. The van der Waals surface area contributed by atoms with Gasteiger partial charge in [0.15, 0.2) is 0 Å². The third-order valence-corrected chi connectivity index (χ3v) is 6.26. The van der Waals surface area contributed by atoms with Crippen LogP contribution in [0.25, 0.3) is 22.0 Å². The van der Waals surface area contributed by atoms with Crippen molar-refractivity contribution >= 4 is 50.4 Å². The predicted molar refractivity (Wildman–Crippen MR) is 126 cm³/mol. The molecule has 0 unspecified atom stereocenters. The number of nitrogens with one attached hydrogen (secondary N) is 2. The zero-order valence-corrected chi connectivity index (χ0v) is 18.5. The molecule has 8 nitrogen and oxygen atoms in total. The fraction of sp³-hybridized carbons (Fsp3) is 0.0455. The van der Waals surface area contributed by atoms with E-state index in [1.165, 1.54) is 16.7 Å². The number of hydrogen-bond donors (Lipinski definition) is 3. The van der Waals surface area contributed by atoms with Gasteiger partial charge in [-0.2, -0.15) is 4.98 Å². The summed E-state index contributed by atoms with van der Waals surface area (Å²) >= 11 is 6.15. The fourth-order valence-corrected chi connectivity index (χ4v) is 4.14. The molecule has 0 radical (unpaired) electrons. The van der Waals surface area contributed by atoms with Crippen molar-refractivity contribution in [2.75, 3.05) is 11.9 Å². The van der Waals surface area contributed by atoms with E-state index in [9.17, 15) is 8.42 Å². The van der Waals surface area contributed by atoms with Gasteiger partial charge in [-0.3, -0.25) is 15.4 Å². The Morgan fingerprint density at radius 3 is 2.44 bits per heavy atom. The van der Waals surface area contributed by atoms with Crippen LogP contribution in [0.3, 0.4) is 0 Å². The van der Waals surface area contributed by atoms with E-state index in [-0.39, 0.29) is 10.5 Å². The first-order chi connectivity index (χ1) is 15.2. The third-order valence-electron chi connectivity index (χ3n) is 5.10. The molecular weight excluding hydrogens is 448 g/mol. The first kappa shape index (κ1) is 21.7. The minimum absolute atomic E-state index is 0.0515. The van der Waals surface area contributed by atoms with Gasteiger partial charge in [-0.25, -0.2) is 13.6 Å². The molecule has 0 amide bonds. The predicted octanol–water partition coefficient (Wildman–Crippen LogP) is 3.71. The lowest BCUT2D eigenvalue weighted by atomic mass is 10.0. The standard InChI is InChI=1S/C22H19ClN6O2S/c1-28(21-19-10-7-16(23)12-20(19)29(13-24)22(25)27-21)17-4-2-3-15(11-17)14-5-8-18(9-6-14)32(26,30)31/h2-13,24-25H,1H3,(H2,26,30,31). The van der Waals surface area contributed by atoms with Crippen molar-refractivity contribution in [3.05, 3.63) is 77.4 Å². The van der Waals surface area contributed by atoms with Crippen LogP contribution in [0.5, 0.6) is 0 Å². The van der Waals surface area contributed by atoms with Gasteiger partial charge >= 0.3 is 0 Å². The maximum absolute atomic E-state index is 11.5. The van der Waals surface area contributed by atoms with E-state index in [1.54, 1.807) is 24.3 Å². The van der Waals surface area contributed by atoms with Crippen molar-refractivity contribution in [3.63, 3.8) is 0 Å². The first-order valence-corrected chi connectivity index (χ1v) is 11.4. The molecule has 4 rings (SSSR count). The molecule has 0 spiro atoms. The second-order valence-electron chi connectivity index (χ2n) is 7.10. The van der Waals surface area contributed by atoms with Crippen molar-refractivity contribution in [1.29, 1.82) is 10.8 Å². The summed E-state index contributed by atoms with van der Waals surface area (Å²) in [6.45, 7) is 0. The number of fused-ring (bicyclic) bond motifs is 1. The van der Waals surface area contributed by atoms with Crippen LogP contribution in [0.2, 0.25) is 5.02 Å². The highest BCUT2D eigenvalue weighted by Crippen LogP contribution is 2.32. The fourth-order valence-electron chi connectivity index (χ4n) is 3.46. The van der Waals surface area contributed by atoms with Crippen LogP contribution in [0, 0.1) is 10.8 Å². The van der Waals surface area contributed by atoms with Crippen LogP contribution in [0.4, 0.5) is 11.5 Å². The second-order valence-corrected chi connectivity index (χ2v) is 9.10. The van der Waals surface area contributed by atoms with Crippen LogP contribution < -0.4 is 15.7 Å². The normalized spacial score (nSPS) is 11.5. The molecule has 0 aliphatic rings. The van der Waals surface area contributed by atoms with Gasteiger partial charge in [-0.15, -0.1) is 0 Å². The van der Waals surface area contributed by atoms with Gasteiger partial charge in [0.25, 0.3) is 0 Å². The quantitative estimate of drug-likeness (QED) is 0.306. The average molecular weight is 467 g/mol. The molecule has 0 saturated heterocycles. The summed E-state index contributed by atoms with van der Waals surface area (Å²) in [6.07, 6.45) is 1.03. The van der Waals surface area contributed by atoms with Gasteiger partial charge in [0.2, 0.25) is 15.6 Å². The van der Waals surface area contributed by atoms with E-state index in [4.69, 9.17) is 27.6 Å². The Hall–Kier alpha value is -3.53. The summed E-state index contributed by atoms with van der Waals surface area (Å²) in [5, 5.41) is 22.3. The molecule has 162 valence electrons. The molecular formula is C22H19ClN6O2S. The molecule has 1 aromatic heterocycles. The van der Waals surface area contributed by atoms with Gasteiger partial charge in [-0.1, -0.05) is 35.9 Å². The van der Waals surface area contributed by atoms with Crippen LogP contribution in [-0.4, -0.2) is 31.4 Å². The molecule has 0 bridgehead atoms.